The van der Waals surface area contributed by atoms with Crippen molar-refractivity contribution in [2.45, 2.75) is 24.9 Å². The Morgan fingerprint density at radius 3 is 2.85 bits per heavy atom. The highest BCUT2D eigenvalue weighted by atomic mass is 19.1. The van der Waals surface area contributed by atoms with E-state index in [1.165, 1.54) is 24.8 Å². The first-order valence-electron chi connectivity index (χ1n) is 11.1. The van der Waals surface area contributed by atoms with Gasteiger partial charge in [-0.25, -0.2) is 9.37 Å². The topological polar surface area (TPSA) is 79.5 Å². The number of halogens is 1. The van der Waals surface area contributed by atoms with Crippen LogP contribution in [0.25, 0.3) is 27.7 Å². The van der Waals surface area contributed by atoms with Gasteiger partial charge >= 0.3 is 5.97 Å². The summed E-state index contributed by atoms with van der Waals surface area (Å²) in [7, 11) is 3.02. The van der Waals surface area contributed by atoms with Crippen molar-refractivity contribution >= 4 is 22.6 Å². The monoisotopic (exact) mass is 450 g/mol. The highest BCUT2D eigenvalue weighted by Gasteiger charge is 2.34. The number of methoxy groups -OCH3 is 2. The molecule has 0 amide bonds. The fourth-order valence-electron chi connectivity index (χ4n) is 4.90. The highest BCUT2D eigenvalue weighted by Crippen LogP contribution is 2.36. The number of nitrogens with zero attached hydrogens (tertiary/aromatic N) is 2. The van der Waals surface area contributed by atoms with Crippen molar-refractivity contribution in [2.24, 2.45) is 0 Å². The van der Waals surface area contributed by atoms with E-state index in [-0.39, 0.29) is 17.8 Å². The zero-order valence-corrected chi connectivity index (χ0v) is 18.7. The average molecular weight is 451 g/mol. The molecular weight excluding hydrogens is 423 g/mol. The fraction of sp³-hybridized carbons (Fsp3) is 0.360. The molecule has 0 radical (unpaired) electrons. The van der Waals surface area contributed by atoms with Crippen LogP contribution in [-0.4, -0.2) is 66.8 Å². The lowest BCUT2D eigenvalue weighted by atomic mass is 10.00. The number of carbonyl (C=O) groups is 1. The molecule has 2 N–H and O–H groups in total. The maximum Gasteiger partial charge on any atom is 0.322 e. The largest absolute Gasteiger partial charge is 0.496 e. The number of H-pyrrole nitrogens is 1. The van der Waals surface area contributed by atoms with Gasteiger partial charge in [0.25, 0.3) is 0 Å². The van der Waals surface area contributed by atoms with Crippen LogP contribution in [0.1, 0.15) is 18.5 Å². The minimum Gasteiger partial charge on any atom is -0.496 e. The quantitative estimate of drug-likeness (QED) is 0.581. The van der Waals surface area contributed by atoms with Gasteiger partial charge in [-0.1, -0.05) is 6.08 Å². The molecule has 1 aromatic carbocycles. The van der Waals surface area contributed by atoms with Gasteiger partial charge in [-0.3, -0.25) is 9.69 Å². The van der Waals surface area contributed by atoms with Crippen LogP contribution in [0.15, 0.2) is 42.6 Å². The molecular formula is C25H27FN4O3. The Morgan fingerprint density at radius 1 is 1.21 bits per heavy atom. The first kappa shape index (κ1) is 21.6. The van der Waals surface area contributed by atoms with Gasteiger partial charge in [0.15, 0.2) is 0 Å². The minimum atomic E-state index is -0.308. The number of esters is 1. The molecule has 1 fully saturated rings. The molecule has 0 spiro atoms. The maximum absolute atomic E-state index is 14.0. The van der Waals surface area contributed by atoms with E-state index in [0.717, 1.165) is 54.8 Å². The Kier molecular flexibility index (Phi) is 5.86. The van der Waals surface area contributed by atoms with Gasteiger partial charge in [-0.2, -0.15) is 0 Å². The smallest absolute Gasteiger partial charge is 0.322 e. The molecule has 2 atom stereocenters. The number of carbonyl (C=O) groups excluding carboxylic acids is 1. The van der Waals surface area contributed by atoms with Crippen LogP contribution >= 0.6 is 0 Å². The second kappa shape index (κ2) is 8.96. The number of pyridine rings is 1. The third-order valence-corrected chi connectivity index (χ3v) is 6.68. The number of aromatic nitrogens is 2. The van der Waals surface area contributed by atoms with Crippen molar-refractivity contribution in [1.29, 1.82) is 0 Å². The van der Waals surface area contributed by atoms with E-state index < -0.39 is 0 Å². The Hall–Kier alpha value is -3.23. The van der Waals surface area contributed by atoms with E-state index >= 15 is 0 Å². The SMILES string of the molecule is COC(=O)[C@@H]1CC(N2CC=C(c3cc4c(-c5cc(F)ccc5OC)ccnc4[nH]3)CC2)CN1. The number of fused-ring (bicyclic) bond motifs is 1. The fourth-order valence-corrected chi connectivity index (χ4v) is 4.90. The van der Waals surface area contributed by atoms with Crippen LogP contribution in [0.5, 0.6) is 5.75 Å². The second-order valence-electron chi connectivity index (χ2n) is 8.50. The van der Waals surface area contributed by atoms with E-state index in [2.05, 4.69) is 32.3 Å². The van der Waals surface area contributed by atoms with Gasteiger partial charge in [-0.05, 0) is 54.3 Å². The van der Waals surface area contributed by atoms with Gasteiger partial charge in [0, 0.05) is 48.5 Å². The molecule has 172 valence electrons. The zero-order chi connectivity index (χ0) is 22.9. The second-order valence-corrected chi connectivity index (χ2v) is 8.50. The van der Waals surface area contributed by atoms with Crippen LogP contribution < -0.4 is 10.1 Å². The number of nitrogens with one attached hydrogen (secondary N) is 2. The van der Waals surface area contributed by atoms with E-state index in [1.807, 2.05) is 6.07 Å². The van der Waals surface area contributed by atoms with E-state index in [0.29, 0.717) is 17.4 Å². The standard InChI is InChI=1S/C25H27FN4O3/c1-32-23-4-3-16(26)11-19(23)18-5-8-27-24-20(18)13-21(29-24)15-6-9-30(10-7-15)17-12-22(28-14-17)25(31)33-2/h3-6,8,11,13,17,22,28H,7,9-10,12,14H2,1-2H3,(H,27,29)/t17?,22-/m0/s1. The summed E-state index contributed by atoms with van der Waals surface area (Å²) in [5, 5.41) is 4.19. The molecule has 2 aliphatic rings. The number of hydrogen-bond donors (Lipinski definition) is 2. The maximum atomic E-state index is 14.0. The summed E-state index contributed by atoms with van der Waals surface area (Å²) >= 11 is 0. The number of aromatic amines is 1. The van der Waals surface area contributed by atoms with Crippen molar-refractivity contribution in [3.63, 3.8) is 0 Å². The molecule has 0 aliphatic carbocycles. The van der Waals surface area contributed by atoms with Crippen molar-refractivity contribution in [3.05, 3.63) is 54.1 Å². The third kappa shape index (κ3) is 4.12. The van der Waals surface area contributed by atoms with Crippen LogP contribution in [0.4, 0.5) is 4.39 Å². The van der Waals surface area contributed by atoms with Crippen molar-refractivity contribution < 1.29 is 18.7 Å². The molecule has 0 bridgehead atoms. The molecule has 33 heavy (non-hydrogen) atoms. The average Bonchev–Trinajstić information content (AvgIpc) is 3.51. The zero-order valence-electron chi connectivity index (χ0n) is 18.7. The van der Waals surface area contributed by atoms with Crippen LogP contribution in [-0.2, 0) is 9.53 Å². The molecule has 7 nitrogen and oxygen atoms in total. The normalized spacial score (nSPS) is 21.2. The summed E-state index contributed by atoms with van der Waals surface area (Å²) in [6.07, 6.45) is 5.63. The number of rotatable bonds is 5. The summed E-state index contributed by atoms with van der Waals surface area (Å²) in [5.74, 6) is 0.120. The Labute approximate surface area is 191 Å². The van der Waals surface area contributed by atoms with Crippen LogP contribution in [0.3, 0.4) is 0 Å². The minimum absolute atomic E-state index is 0.193. The molecule has 5 rings (SSSR count). The van der Waals surface area contributed by atoms with Crippen molar-refractivity contribution in [3.8, 4) is 16.9 Å². The summed E-state index contributed by atoms with van der Waals surface area (Å²) in [6, 6.07) is 8.62. The Morgan fingerprint density at radius 2 is 2.09 bits per heavy atom. The molecule has 1 unspecified atom stereocenters. The summed E-state index contributed by atoms with van der Waals surface area (Å²) in [6.45, 7) is 2.53. The number of ether oxygens (including phenoxy) is 2. The molecule has 8 heteroatoms. The summed E-state index contributed by atoms with van der Waals surface area (Å²) in [5.41, 5.74) is 4.60. The van der Waals surface area contributed by atoms with Crippen LogP contribution in [0, 0.1) is 5.82 Å². The first-order chi connectivity index (χ1) is 16.1. The summed E-state index contributed by atoms with van der Waals surface area (Å²) in [4.78, 5) is 22.1. The van der Waals surface area contributed by atoms with Gasteiger partial charge in [0.05, 0.1) is 14.2 Å². The van der Waals surface area contributed by atoms with E-state index in [9.17, 15) is 9.18 Å². The molecule has 0 saturated carbocycles. The molecule has 2 aromatic heterocycles. The summed E-state index contributed by atoms with van der Waals surface area (Å²) < 4.78 is 24.3. The number of hydrogen-bond acceptors (Lipinski definition) is 6. The van der Waals surface area contributed by atoms with Crippen molar-refractivity contribution in [2.75, 3.05) is 33.9 Å². The number of benzene rings is 1. The highest BCUT2D eigenvalue weighted by molar-refractivity contribution is 5.96. The van der Waals surface area contributed by atoms with Gasteiger partial charge < -0.3 is 19.8 Å². The molecule has 4 heterocycles. The Bertz CT molecular complexity index is 1220. The van der Waals surface area contributed by atoms with Crippen LogP contribution in [0.2, 0.25) is 0 Å². The third-order valence-electron chi connectivity index (χ3n) is 6.68. The molecule has 2 aliphatic heterocycles. The first-order valence-corrected chi connectivity index (χ1v) is 11.1. The predicted octanol–water partition coefficient (Wildman–Crippen LogP) is 3.37. The van der Waals surface area contributed by atoms with E-state index in [1.54, 1.807) is 19.4 Å². The van der Waals surface area contributed by atoms with Gasteiger partial charge in [0.1, 0.15) is 23.3 Å². The lowest BCUT2D eigenvalue weighted by Crippen LogP contribution is -2.39. The molecule has 1 saturated heterocycles. The Balaban J connectivity index is 1.38. The van der Waals surface area contributed by atoms with E-state index in [4.69, 9.17) is 9.47 Å². The molecule has 3 aromatic rings. The predicted molar refractivity (Wildman–Crippen MR) is 124 cm³/mol. The lowest BCUT2D eigenvalue weighted by molar-refractivity contribution is -0.142. The lowest BCUT2D eigenvalue weighted by Gasteiger charge is -2.31. The van der Waals surface area contributed by atoms with Gasteiger partial charge in [-0.15, -0.1) is 0 Å². The van der Waals surface area contributed by atoms with Crippen molar-refractivity contribution in [1.82, 2.24) is 20.2 Å². The van der Waals surface area contributed by atoms with Gasteiger partial charge in [0.2, 0.25) is 0 Å².